The summed E-state index contributed by atoms with van der Waals surface area (Å²) < 4.78 is 18.7. The van der Waals surface area contributed by atoms with E-state index in [-0.39, 0.29) is 18.2 Å². The van der Waals surface area contributed by atoms with Crippen LogP contribution in [0.15, 0.2) is 18.2 Å². The summed E-state index contributed by atoms with van der Waals surface area (Å²) >= 11 is 0. The summed E-state index contributed by atoms with van der Waals surface area (Å²) in [5, 5.41) is 9.29. The number of hydrogen-bond acceptors (Lipinski definition) is 4. The van der Waals surface area contributed by atoms with E-state index in [1.165, 1.54) is 13.2 Å². The molecule has 1 aromatic rings. The molecule has 118 valence electrons. The van der Waals surface area contributed by atoms with Gasteiger partial charge in [0, 0.05) is 19.1 Å². The van der Waals surface area contributed by atoms with E-state index in [0.29, 0.717) is 19.1 Å². The maximum atomic E-state index is 13.8. The van der Waals surface area contributed by atoms with Crippen molar-refractivity contribution in [2.24, 2.45) is 0 Å². The van der Waals surface area contributed by atoms with Gasteiger partial charge in [-0.3, -0.25) is 4.90 Å². The Kier molecular flexibility index (Phi) is 5.96. The topological polar surface area (TPSA) is 35.9 Å². The predicted molar refractivity (Wildman–Crippen MR) is 81.0 cm³/mol. The summed E-state index contributed by atoms with van der Waals surface area (Å²) in [7, 11) is 3.60. The molecule has 1 aromatic carbocycles. The summed E-state index contributed by atoms with van der Waals surface area (Å²) in [4.78, 5) is 4.58. The van der Waals surface area contributed by atoms with Crippen LogP contribution in [0, 0.1) is 5.82 Å². The van der Waals surface area contributed by atoms with Crippen molar-refractivity contribution in [3.05, 3.63) is 29.6 Å². The molecule has 4 nitrogen and oxygen atoms in total. The van der Waals surface area contributed by atoms with Gasteiger partial charge in [-0.25, -0.2) is 4.39 Å². The molecule has 1 fully saturated rings. The lowest BCUT2D eigenvalue weighted by Crippen LogP contribution is -2.44. The molecular formula is C16H25FN2O2. The first-order valence-corrected chi connectivity index (χ1v) is 7.50. The molecule has 0 atom stereocenters. The highest BCUT2D eigenvalue weighted by atomic mass is 19.1. The van der Waals surface area contributed by atoms with Crippen LogP contribution >= 0.6 is 0 Å². The predicted octanol–water partition coefficient (Wildman–Crippen LogP) is 1.72. The summed E-state index contributed by atoms with van der Waals surface area (Å²) in [5.41, 5.74) is 0.917. The van der Waals surface area contributed by atoms with Gasteiger partial charge in [-0.1, -0.05) is 6.07 Å². The fourth-order valence-corrected chi connectivity index (χ4v) is 2.92. The Labute approximate surface area is 126 Å². The highest BCUT2D eigenvalue weighted by Gasteiger charge is 2.23. The van der Waals surface area contributed by atoms with E-state index in [1.54, 1.807) is 6.07 Å². The van der Waals surface area contributed by atoms with E-state index in [2.05, 4.69) is 16.8 Å². The second kappa shape index (κ2) is 7.73. The fourth-order valence-electron chi connectivity index (χ4n) is 2.92. The van der Waals surface area contributed by atoms with Crippen LogP contribution in [0.25, 0.3) is 0 Å². The SMILES string of the molecule is COc1ccc(CN(CCO)C2CCN(C)CC2)cc1F. The van der Waals surface area contributed by atoms with Crippen LogP contribution in [0.1, 0.15) is 18.4 Å². The van der Waals surface area contributed by atoms with Crippen molar-refractivity contribution in [2.75, 3.05) is 40.4 Å². The third-order valence-electron chi connectivity index (χ3n) is 4.19. The molecule has 21 heavy (non-hydrogen) atoms. The normalized spacial score (nSPS) is 17.4. The van der Waals surface area contributed by atoms with Crippen molar-refractivity contribution in [2.45, 2.75) is 25.4 Å². The molecular weight excluding hydrogens is 271 g/mol. The van der Waals surface area contributed by atoms with Gasteiger partial charge in [-0.05, 0) is 50.7 Å². The lowest BCUT2D eigenvalue weighted by Gasteiger charge is -2.37. The van der Waals surface area contributed by atoms with Gasteiger partial charge in [-0.2, -0.15) is 0 Å². The number of ether oxygens (including phenoxy) is 1. The molecule has 1 aliphatic heterocycles. The Morgan fingerprint density at radius 2 is 2.10 bits per heavy atom. The van der Waals surface area contributed by atoms with Crippen molar-refractivity contribution in [3.63, 3.8) is 0 Å². The number of hydrogen-bond donors (Lipinski definition) is 1. The van der Waals surface area contributed by atoms with Gasteiger partial charge in [-0.15, -0.1) is 0 Å². The van der Waals surface area contributed by atoms with Gasteiger partial charge in [0.15, 0.2) is 11.6 Å². The monoisotopic (exact) mass is 296 g/mol. The average Bonchev–Trinajstić information content (AvgIpc) is 2.48. The largest absolute Gasteiger partial charge is 0.494 e. The number of rotatable bonds is 6. The molecule has 1 aliphatic rings. The standard InChI is InChI=1S/C16H25FN2O2/c1-18-7-5-14(6-8-18)19(9-10-20)12-13-3-4-16(21-2)15(17)11-13/h3-4,11,14,20H,5-10,12H2,1-2H3. The number of aliphatic hydroxyl groups is 1. The maximum absolute atomic E-state index is 13.8. The molecule has 0 unspecified atom stereocenters. The molecule has 0 radical (unpaired) electrons. The molecule has 1 saturated heterocycles. The van der Waals surface area contributed by atoms with Crippen molar-refractivity contribution < 1.29 is 14.2 Å². The van der Waals surface area contributed by atoms with Crippen LogP contribution in [0.4, 0.5) is 4.39 Å². The molecule has 0 aromatic heterocycles. The van der Waals surface area contributed by atoms with Crippen molar-refractivity contribution in [3.8, 4) is 5.75 Å². The Morgan fingerprint density at radius 3 is 2.67 bits per heavy atom. The van der Waals surface area contributed by atoms with Gasteiger partial charge in [0.05, 0.1) is 13.7 Å². The second-order valence-electron chi connectivity index (χ2n) is 5.70. The number of halogens is 1. The van der Waals surface area contributed by atoms with Crippen LogP contribution in [-0.2, 0) is 6.54 Å². The van der Waals surface area contributed by atoms with Crippen LogP contribution in [0.3, 0.4) is 0 Å². The smallest absolute Gasteiger partial charge is 0.165 e. The Hall–Kier alpha value is -1.17. The van der Waals surface area contributed by atoms with E-state index in [1.807, 2.05) is 6.07 Å². The lowest BCUT2D eigenvalue weighted by atomic mass is 10.0. The molecule has 1 heterocycles. The molecule has 0 saturated carbocycles. The van der Waals surface area contributed by atoms with Crippen LogP contribution in [0.5, 0.6) is 5.75 Å². The minimum Gasteiger partial charge on any atom is -0.494 e. The number of aliphatic hydroxyl groups excluding tert-OH is 1. The first-order valence-electron chi connectivity index (χ1n) is 7.50. The summed E-state index contributed by atoms with van der Waals surface area (Å²) in [6, 6.07) is 5.54. The Bertz CT molecular complexity index is 448. The van der Waals surface area contributed by atoms with Crippen molar-refractivity contribution in [1.29, 1.82) is 0 Å². The van der Waals surface area contributed by atoms with Crippen LogP contribution in [0.2, 0.25) is 0 Å². The molecule has 2 rings (SSSR count). The number of piperidine rings is 1. The van der Waals surface area contributed by atoms with E-state index >= 15 is 0 Å². The second-order valence-corrected chi connectivity index (χ2v) is 5.70. The zero-order chi connectivity index (χ0) is 15.2. The Morgan fingerprint density at radius 1 is 1.38 bits per heavy atom. The fraction of sp³-hybridized carbons (Fsp3) is 0.625. The molecule has 0 amide bonds. The summed E-state index contributed by atoms with van der Waals surface area (Å²) in [6.07, 6.45) is 2.18. The van der Waals surface area contributed by atoms with E-state index < -0.39 is 0 Å². The van der Waals surface area contributed by atoms with E-state index in [0.717, 1.165) is 31.5 Å². The lowest BCUT2D eigenvalue weighted by molar-refractivity contribution is 0.0940. The minimum absolute atomic E-state index is 0.130. The third-order valence-corrected chi connectivity index (χ3v) is 4.19. The minimum atomic E-state index is -0.331. The van der Waals surface area contributed by atoms with Crippen LogP contribution in [-0.4, -0.2) is 61.3 Å². The van der Waals surface area contributed by atoms with E-state index in [9.17, 15) is 9.50 Å². The third kappa shape index (κ3) is 4.40. The first kappa shape index (κ1) is 16.2. The van der Waals surface area contributed by atoms with Crippen molar-refractivity contribution in [1.82, 2.24) is 9.80 Å². The number of benzene rings is 1. The van der Waals surface area contributed by atoms with Gasteiger partial charge < -0.3 is 14.7 Å². The summed E-state index contributed by atoms with van der Waals surface area (Å²) in [5.74, 6) is -0.0610. The highest BCUT2D eigenvalue weighted by Crippen LogP contribution is 2.21. The van der Waals surface area contributed by atoms with Crippen LogP contribution < -0.4 is 4.74 Å². The van der Waals surface area contributed by atoms with Gasteiger partial charge in [0.2, 0.25) is 0 Å². The number of likely N-dealkylation sites (tertiary alicyclic amines) is 1. The molecule has 1 N–H and O–H groups in total. The van der Waals surface area contributed by atoms with Crippen molar-refractivity contribution >= 4 is 0 Å². The Balaban J connectivity index is 2.03. The molecule has 5 heteroatoms. The maximum Gasteiger partial charge on any atom is 0.165 e. The number of nitrogens with zero attached hydrogens (tertiary/aromatic N) is 2. The van der Waals surface area contributed by atoms with Gasteiger partial charge >= 0.3 is 0 Å². The molecule has 0 bridgehead atoms. The highest BCUT2D eigenvalue weighted by molar-refractivity contribution is 5.29. The average molecular weight is 296 g/mol. The molecule has 0 spiro atoms. The first-order chi connectivity index (χ1) is 10.1. The van der Waals surface area contributed by atoms with Gasteiger partial charge in [0.1, 0.15) is 0 Å². The quantitative estimate of drug-likeness (QED) is 0.867. The number of methoxy groups -OCH3 is 1. The zero-order valence-corrected chi connectivity index (χ0v) is 12.9. The van der Waals surface area contributed by atoms with Gasteiger partial charge in [0.25, 0.3) is 0 Å². The molecule has 0 aliphatic carbocycles. The van der Waals surface area contributed by atoms with E-state index in [4.69, 9.17) is 4.74 Å². The zero-order valence-electron chi connectivity index (χ0n) is 12.9. The summed E-state index contributed by atoms with van der Waals surface area (Å²) in [6.45, 7) is 3.57.